The first kappa shape index (κ1) is 11.9. The van der Waals surface area contributed by atoms with E-state index in [2.05, 4.69) is 14.8 Å². The van der Waals surface area contributed by atoms with Gasteiger partial charge in [0, 0.05) is 13.0 Å². The van der Waals surface area contributed by atoms with E-state index >= 15 is 0 Å². The molecule has 0 amide bonds. The van der Waals surface area contributed by atoms with Crippen LogP contribution in [0.5, 0.6) is 0 Å². The molecule has 4 saturated carbocycles. The van der Waals surface area contributed by atoms with Crippen LogP contribution in [0.4, 0.5) is 0 Å². The van der Waals surface area contributed by atoms with E-state index in [1.165, 1.54) is 32.1 Å². The maximum atomic E-state index is 5.56. The molecular weight excluding hydrogens is 236 g/mol. The molecule has 4 aliphatic carbocycles. The first-order chi connectivity index (χ1) is 9.31. The zero-order valence-corrected chi connectivity index (χ0v) is 11.5. The molecule has 1 aromatic rings. The largest absolute Gasteiger partial charge is 0.330 e. The molecule has 0 aromatic carbocycles. The third kappa shape index (κ3) is 2.10. The Morgan fingerprint density at radius 1 is 1.11 bits per heavy atom. The summed E-state index contributed by atoms with van der Waals surface area (Å²) in [5.74, 6) is 5.83. The normalized spacial score (nSPS) is 39.9. The molecule has 4 heteroatoms. The van der Waals surface area contributed by atoms with Crippen molar-refractivity contribution in [3.63, 3.8) is 0 Å². The maximum Gasteiger partial charge on any atom is 0.151 e. The van der Waals surface area contributed by atoms with Crippen LogP contribution in [0.1, 0.15) is 37.9 Å². The maximum absolute atomic E-state index is 5.56. The average Bonchev–Trinajstić information content (AvgIpc) is 2.81. The summed E-state index contributed by atoms with van der Waals surface area (Å²) in [5, 5.41) is 4.58. The summed E-state index contributed by atoms with van der Waals surface area (Å²) in [6, 6.07) is 0. The van der Waals surface area contributed by atoms with Crippen molar-refractivity contribution in [2.24, 2.45) is 35.3 Å². The number of aromatic nitrogens is 3. The van der Waals surface area contributed by atoms with Gasteiger partial charge in [-0.25, -0.2) is 4.98 Å². The highest BCUT2D eigenvalue weighted by atomic mass is 15.3. The number of hydrogen-bond donors (Lipinski definition) is 1. The van der Waals surface area contributed by atoms with Crippen LogP contribution < -0.4 is 5.73 Å². The van der Waals surface area contributed by atoms with Crippen molar-refractivity contribution in [2.45, 2.75) is 45.1 Å². The van der Waals surface area contributed by atoms with Gasteiger partial charge in [0.05, 0.1) is 0 Å². The Labute approximate surface area is 114 Å². The van der Waals surface area contributed by atoms with Gasteiger partial charge in [-0.3, -0.25) is 4.68 Å². The number of hydrogen-bond acceptors (Lipinski definition) is 3. The van der Waals surface area contributed by atoms with Gasteiger partial charge in [-0.15, -0.1) is 0 Å². The molecule has 4 fully saturated rings. The molecule has 4 nitrogen and oxygen atoms in total. The summed E-state index contributed by atoms with van der Waals surface area (Å²) in [7, 11) is 0. The molecule has 0 atom stereocenters. The third-order valence-electron chi connectivity index (χ3n) is 5.77. The Morgan fingerprint density at radius 2 is 1.79 bits per heavy atom. The summed E-state index contributed by atoms with van der Waals surface area (Å²) in [6.07, 6.45) is 10.2. The lowest BCUT2D eigenvalue weighted by Gasteiger charge is -2.54. The topological polar surface area (TPSA) is 56.7 Å². The molecule has 0 unspecified atom stereocenters. The predicted octanol–water partition coefficient (Wildman–Crippen LogP) is 1.85. The van der Waals surface area contributed by atoms with Crippen LogP contribution in [0.2, 0.25) is 0 Å². The van der Waals surface area contributed by atoms with Crippen LogP contribution >= 0.6 is 0 Å². The Bertz CT molecular complexity index is 425. The minimum absolute atomic E-state index is 0.641. The third-order valence-corrected chi connectivity index (χ3v) is 5.77. The monoisotopic (exact) mass is 260 g/mol. The van der Waals surface area contributed by atoms with Crippen LogP contribution in [0.15, 0.2) is 6.33 Å². The molecule has 0 spiro atoms. The molecule has 1 aromatic heterocycles. The average molecular weight is 260 g/mol. The second-order valence-electron chi connectivity index (χ2n) is 7.02. The van der Waals surface area contributed by atoms with Crippen molar-refractivity contribution in [1.82, 2.24) is 14.8 Å². The molecule has 2 N–H and O–H groups in total. The molecule has 0 radical (unpaired) electrons. The van der Waals surface area contributed by atoms with Gasteiger partial charge >= 0.3 is 0 Å². The molecule has 1 heterocycles. The van der Waals surface area contributed by atoms with Crippen LogP contribution in [0, 0.1) is 29.6 Å². The first-order valence-electron chi connectivity index (χ1n) is 7.90. The zero-order valence-electron chi connectivity index (χ0n) is 11.5. The van der Waals surface area contributed by atoms with Crippen LogP contribution in [-0.2, 0) is 13.0 Å². The van der Waals surface area contributed by atoms with Gasteiger partial charge in [-0.2, -0.15) is 5.10 Å². The van der Waals surface area contributed by atoms with Crippen molar-refractivity contribution < 1.29 is 0 Å². The summed E-state index contributed by atoms with van der Waals surface area (Å²) in [6.45, 7) is 1.73. The summed E-state index contributed by atoms with van der Waals surface area (Å²) >= 11 is 0. The van der Waals surface area contributed by atoms with Crippen LogP contribution in [0.25, 0.3) is 0 Å². The highest BCUT2D eigenvalue weighted by molar-refractivity contribution is 4.98. The first-order valence-corrected chi connectivity index (χ1v) is 7.90. The van der Waals surface area contributed by atoms with E-state index < -0.39 is 0 Å². The van der Waals surface area contributed by atoms with E-state index in [1.807, 2.05) is 6.33 Å². The lowest BCUT2D eigenvalue weighted by Crippen LogP contribution is -2.46. The molecule has 19 heavy (non-hydrogen) atoms. The van der Waals surface area contributed by atoms with Gasteiger partial charge < -0.3 is 5.73 Å². The molecule has 4 bridgehead atoms. The van der Waals surface area contributed by atoms with Gasteiger partial charge in [0.2, 0.25) is 0 Å². The van der Waals surface area contributed by atoms with Gasteiger partial charge in [0.25, 0.3) is 0 Å². The van der Waals surface area contributed by atoms with Crippen LogP contribution in [-0.4, -0.2) is 21.3 Å². The Kier molecular flexibility index (Phi) is 2.87. The van der Waals surface area contributed by atoms with Crippen molar-refractivity contribution in [3.8, 4) is 0 Å². The van der Waals surface area contributed by atoms with Crippen LogP contribution in [0.3, 0.4) is 0 Å². The molecule has 0 saturated heterocycles. The fourth-order valence-corrected chi connectivity index (χ4v) is 5.22. The van der Waals surface area contributed by atoms with E-state index in [0.29, 0.717) is 6.54 Å². The molecule has 0 aliphatic heterocycles. The minimum Gasteiger partial charge on any atom is -0.330 e. The summed E-state index contributed by atoms with van der Waals surface area (Å²) in [4.78, 5) is 4.36. The van der Waals surface area contributed by atoms with E-state index in [4.69, 9.17) is 5.73 Å². The van der Waals surface area contributed by atoms with Crippen molar-refractivity contribution in [2.75, 3.05) is 6.54 Å². The molecule has 5 rings (SSSR count). The fourth-order valence-electron chi connectivity index (χ4n) is 5.22. The minimum atomic E-state index is 0.641. The van der Waals surface area contributed by atoms with Crippen molar-refractivity contribution in [3.05, 3.63) is 12.2 Å². The molecular formula is C15H24N4. The Balaban J connectivity index is 1.47. The quantitative estimate of drug-likeness (QED) is 0.899. The van der Waals surface area contributed by atoms with Crippen molar-refractivity contribution in [1.29, 1.82) is 0 Å². The number of nitrogens with zero attached hydrogens (tertiary/aromatic N) is 3. The SMILES string of the molecule is NCCc1ncn(CC2C3CC4CC(C3)CC2C4)n1. The van der Waals surface area contributed by atoms with Gasteiger partial charge in [0.15, 0.2) is 5.82 Å². The zero-order chi connectivity index (χ0) is 12.8. The van der Waals surface area contributed by atoms with Crippen molar-refractivity contribution >= 4 is 0 Å². The van der Waals surface area contributed by atoms with E-state index in [1.54, 1.807) is 0 Å². The molecule has 104 valence electrons. The lowest BCUT2D eigenvalue weighted by atomic mass is 9.52. The highest BCUT2D eigenvalue weighted by Gasteiger charge is 2.48. The Hall–Kier alpha value is -0.900. The smallest absolute Gasteiger partial charge is 0.151 e. The van der Waals surface area contributed by atoms with Gasteiger partial charge in [0.1, 0.15) is 6.33 Å². The lowest BCUT2D eigenvalue weighted by molar-refractivity contribution is -0.0443. The van der Waals surface area contributed by atoms with Gasteiger partial charge in [-0.05, 0) is 68.2 Å². The summed E-state index contributed by atoms with van der Waals surface area (Å²) in [5.41, 5.74) is 5.56. The molecule has 4 aliphatic rings. The number of rotatable bonds is 4. The highest BCUT2D eigenvalue weighted by Crippen LogP contribution is 2.56. The fraction of sp³-hybridized carbons (Fsp3) is 0.867. The second kappa shape index (κ2) is 4.58. The predicted molar refractivity (Wildman–Crippen MR) is 73.3 cm³/mol. The standard InChI is InChI=1S/C15H24N4/c16-2-1-15-17-9-19(18-15)8-14-12-4-10-3-11(6-12)7-13(14)5-10/h9-14H,1-8,16H2. The number of nitrogens with two attached hydrogens (primary N) is 1. The van der Waals surface area contributed by atoms with Gasteiger partial charge in [-0.1, -0.05) is 0 Å². The Morgan fingerprint density at radius 3 is 2.42 bits per heavy atom. The second-order valence-corrected chi connectivity index (χ2v) is 7.02. The van der Waals surface area contributed by atoms with E-state index in [9.17, 15) is 0 Å². The van der Waals surface area contributed by atoms with E-state index in [0.717, 1.165) is 48.4 Å². The summed E-state index contributed by atoms with van der Waals surface area (Å²) < 4.78 is 2.08. The van der Waals surface area contributed by atoms with E-state index in [-0.39, 0.29) is 0 Å².